The Morgan fingerprint density at radius 1 is 1.11 bits per heavy atom. The average Bonchev–Trinajstić information content (AvgIpc) is 2.93. The number of anilines is 2. The molecule has 0 saturated carbocycles. The van der Waals surface area contributed by atoms with Gasteiger partial charge in [-0.05, 0) is 35.6 Å². The van der Waals surface area contributed by atoms with E-state index >= 15 is 0 Å². The van der Waals surface area contributed by atoms with E-state index in [2.05, 4.69) is 36.4 Å². The lowest BCUT2D eigenvalue weighted by atomic mass is 9.87. The minimum atomic E-state index is -2.96. The molecule has 144 valence electrons. The second kappa shape index (κ2) is 7.31. The van der Waals surface area contributed by atoms with Crippen LogP contribution >= 0.6 is 0 Å². The van der Waals surface area contributed by atoms with Gasteiger partial charge in [-0.15, -0.1) is 0 Å². The fourth-order valence-electron chi connectivity index (χ4n) is 3.04. The molecule has 2 heterocycles. The molecule has 7 heteroatoms. The molecule has 1 aliphatic heterocycles. The summed E-state index contributed by atoms with van der Waals surface area (Å²) in [4.78, 5) is 16.6. The monoisotopic (exact) mass is 387 g/mol. The molecular formula is C20H25N3O3S. The Balaban J connectivity index is 1.67. The van der Waals surface area contributed by atoms with Gasteiger partial charge in [-0.1, -0.05) is 32.9 Å². The molecule has 0 radical (unpaired) electrons. The number of nitrogens with zero attached hydrogens (tertiary/aromatic N) is 1. The third-order valence-corrected chi connectivity index (χ3v) is 6.38. The van der Waals surface area contributed by atoms with Gasteiger partial charge < -0.3 is 10.6 Å². The van der Waals surface area contributed by atoms with Crippen LogP contribution in [0.5, 0.6) is 0 Å². The average molecular weight is 388 g/mol. The molecular weight excluding hydrogens is 362 g/mol. The predicted octanol–water partition coefficient (Wildman–Crippen LogP) is 3.23. The van der Waals surface area contributed by atoms with Crippen LogP contribution in [-0.2, 0) is 15.3 Å². The molecule has 3 rings (SSSR count). The lowest BCUT2D eigenvalue weighted by Crippen LogP contribution is -2.21. The summed E-state index contributed by atoms with van der Waals surface area (Å²) in [5.74, 6) is 0.0561. The maximum atomic E-state index is 12.5. The number of carbonyl (C=O) groups is 1. The molecule has 6 nitrogen and oxygen atoms in total. The van der Waals surface area contributed by atoms with Crippen molar-refractivity contribution in [1.82, 2.24) is 4.98 Å². The molecule has 1 fully saturated rings. The van der Waals surface area contributed by atoms with Gasteiger partial charge in [0.2, 0.25) is 0 Å². The molecule has 0 bridgehead atoms. The van der Waals surface area contributed by atoms with Crippen LogP contribution in [0.3, 0.4) is 0 Å². The number of aromatic nitrogens is 1. The van der Waals surface area contributed by atoms with Gasteiger partial charge in [-0.2, -0.15) is 0 Å². The van der Waals surface area contributed by atoms with Crippen molar-refractivity contribution in [2.75, 3.05) is 22.1 Å². The number of carbonyl (C=O) groups excluding carboxylic acids is 1. The Bertz CT molecular complexity index is 932. The van der Waals surface area contributed by atoms with Crippen molar-refractivity contribution in [3.63, 3.8) is 0 Å². The van der Waals surface area contributed by atoms with E-state index in [-0.39, 0.29) is 28.9 Å². The SMILES string of the molecule is CC(C)(C)c1ccc(NC(=O)c2cncc(NC3CCS(=O)(=O)C3)c2)cc1. The quantitative estimate of drug-likeness (QED) is 0.841. The van der Waals surface area contributed by atoms with Crippen molar-refractivity contribution in [2.24, 2.45) is 0 Å². The maximum Gasteiger partial charge on any atom is 0.257 e. The summed E-state index contributed by atoms with van der Waals surface area (Å²) in [6.07, 6.45) is 3.66. The lowest BCUT2D eigenvalue weighted by Gasteiger charge is -2.19. The highest BCUT2D eigenvalue weighted by molar-refractivity contribution is 7.91. The van der Waals surface area contributed by atoms with E-state index in [1.807, 2.05) is 24.3 Å². The van der Waals surface area contributed by atoms with Crippen LogP contribution in [0.25, 0.3) is 0 Å². The molecule has 1 unspecified atom stereocenters. The number of nitrogens with one attached hydrogen (secondary N) is 2. The molecule has 2 N–H and O–H groups in total. The summed E-state index contributed by atoms with van der Waals surface area (Å²) in [5, 5.41) is 6.03. The molecule has 1 aromatic carbocycles. The van der Waals surface area contributed by atoms with Crippen LogP contribution in [0.15, 0.2) is 42.7 Å². The first kappa shape index (κ1) is 19.4. The molecule has 1 saturated heterocycles. The maximum absolute atomic E-state index is 12.5. The molecule has 27 heavy (non-hydrogen) atoms. The number of sulfone groups is 1. The van der Waals surface area contributed by atoms with Gasteiger partial charge in [0, 0.05) is 24.1 Å². The van der Waals surface area contributed by atoms with Crippen molar-refractivity contribution < 1.29 is 13.2 Å². The molecule has 0 aliphatic carbocycles. The summed E-state index contributed by atoms with van der Waals surface area (Å²) in [5.41, 5.74) is 3.03. The van der Waals surface area contributed by atoms with Crippen molar-refractivity contribution in [1.29, 1.82) is 0 Å². The summed E-state index contributed by atoms with van der Waals surface area (Å²) in [7, 11) is -2.96. The Kier molecular flexibility index (Phi) is 5.24. The van der Waals surface area contributed by atoms with Crippen molar-refractivity contribution in [2.45, 2.75) is 38.6 Å². The highest BCUT2D eigenvalue weighted by Crippen LogP contribution is 2.24. The number of hydrogen-bond donors (Lipinski definition) is 2. The molecule has 1 atom stereocenters. The van der Waals surface area contributed by atoms with E-state index in [0.717, 1.165) is 0 Å². The lowest BCUT2D eigenvalue weighted by molar-refractivity contribution is 0.102. The number of pyridine rings is 1. The second-order valence-corrected chi connectivity index (χ2v) is 10.2. The van der Waals surface area contributed by atoms with Crippen molar-refractivity contribution in [3.05, 3.63) is 53.9 Å². The smallest absolute Gasteiger partial charge is 0.257 e. The first-order chi connectivity index (χ1) is 12.6. The van der Waals surface area contributed by atoms with Crippen LogP contribution in [0.1, 0.15) is 43.1 Å². The first-order valence-electron chi connectivity index (χ1n) is 8.96. The number of benzene rings is 1. The predicted molar refractivity (Wildman–Crippen MR) is 108 cm³/mol. The van der Waals surface area contributed by atoms with E-state index in [4.69, 9.17) is 0 Å². The Hall–Kier alpha value is -2.41. The Morgan fingerprint density at radius 3 is 2.41 bits per heavy atom. The topological polar surface area (TPSA) is 88.2 Å². The van der Waals surface area contributed by atoms with Gasteiger partial charge in [-0.25, -0.2) is 8.42 Å². The van der Waals surface area contributed by atoms with Crippen molar-refractivity contribution in [3.8, 4) is 0 Å². The molecule has 1 aromatic heterocycles. The van der Waals surface area contributed by atoms with E-state index in [0.29, 0.717) is 23.4 Å². The number of amides is 1. The van der Waals surface area contributed by atoms with Crippen LogP contribution in [0.4, 0.5) is 11.4 Å². The number of rotatable bonds is 4. The summed E-state index contributed by atoms with van der Waals surface area (Å²) in [6.45, 7) is 6.42. The Morgan fingerprint density at radius 2 is 1.81 bits per heavy atom. The van der Waals surface area contributed by atoms with E-state index in [1.165, 1.54) is 11.8 Å². The fourth-order valence-corrected chi connectivity index (χ4v) is 4.72. The standard InChI is InChI=1S/C20H25N3O3S/c1-20(2,3)15-4-6-16(7-5-15)23-19(24)14-10-18(12-21-11-14)22-17-8-9-27(25,26)13-17/h4-7,10-12,17,22H,8-9,13H2,1-3H3,(H,23,24). The van der Waals surface area contributed by atoms with Gasteiger partial charge >= 0.3 is 0 Å². The first-order valence-corrected chi connectivity index (χ1v) is 10.8. The molecule has 1 aliphatic rings. The Labute approximate surface area is 160 Å². The second-order valence-electron chi connectivity index (χ2n) is 7.99. The molecule has 0 spiro atoms. The summed E-state index contributed by atoms with van der Waals surface area (Å²) >= 11 is 0. The van der Waals surface area contributed by atoms with Crippen LogP contribution in [-0.4, -0.2) is 36.9 Å². The summed E-state index contributed by atoms with van der Waals surface area (Å²) < 4.78 is 23.2. The van der Waals surface area contributed by atoms with Gasteiger partial charge in [0.1, 0.15) is 0 Å². The summed E-state index contributed by atoms with van der Waals surface area (Å²) in [6, 6.07) is 9.34. The normalized spacial score (nSPS) is 18.9. The molecule has 2 aromatic rings. The van der Waals surface area contributed by atoms with E-state index in [1.54, 1.807) is 12.3 Å². The van der Waals surface area contributed by atoms with Crippen LogP contribution in [0, 0.1) is 0 Å². The zero-order valence-electron chi connectivity index (χ0n) is 15.8. The number of hydrogen-bond acceptors (Lipinski definition) is 5. The van der Waals surface area contributed by atoms with E-state index in [9.17, 15) is 13.2 Å². The minimum absolute atomic E-state index is 0.0557. The highest BCUT2D eigenvalue weighted by atomic mass is 32.2. The van der Waals surface area contributed by atoms with Gasteiger partial charge in [0.05, 0.1) is 22.8 Å². The zero-order chi connectivity index (χ0) is 19.7. The van der Waals surface area contributed by atoms with Crippen LogP contribution in [0.2, 0.25) is 0 Å². The largest absolute Gasteiger partial charge is 0.380 e. The van der Waals surface area contributed by atoms with Crippen molar-refractivity contribution >= 4 is 27.1 Å². The van der Waals surface area contributed by atoms with E-state index < -0.39 is 9.84 Å². The third kappa shape index (κ3) is 5.07. The zero-order valence-corrected chi connectivity index (χ0v) is 16.6. The minimum Gasteiger partial charge on any atom is -0.380 e. The van der Waals surface area contributed by atoms with Gasteiger partial charge in [-0.3, -0.25) is 9.78 Å². The van der Waals surface area contributed by atoms with Gasteiger partial charge in [0.15, 0.2) is 9.84 Å². The molecule has 1 amide bonds. The van der Waals surface area contributed by atoms with Crippen LogP contribution < -0.4 is 10.6 Å². The fraction of sp³-hybridized carbons (Fsp3) is 0.400. The third-order valence-electron chi connectivity index (χ3n) is 4.61. The highest BCUT2D eigenvalue weighted by Gasteiger charge is 2.27. The van der Waals surface area contributed by atoms with Gasteiger partial charge in [0.25, 0.3) is 5.91 Å².